The van der Waals surface area contributed by atoms with Gasteiger partial charge < -0.3 is 19.5 Å². The van der Waals surface area contributed by atoms with Gasteiger partial charge in [-0.2, -0.15) is 5.26 Å². The summed E-state index contributed by atoms with van der Waals surface area (Å²) in [6.07, 6.45) is 3.03. The molecular weight excluding hydrogens is 368 g/mol. The fraction of sp³-hybridized carbons (Fsp3) is 0.304. The first-order valence-corrected chi connectivity index (χ1v) is 9.45. The molecule has 0 bridgehead atoms. The lowest BCUT2D eigenvalue weighted by Gasteiger charge is -2.10. The van der Waals surface area contributed by atoms with Crippen molar-refractivity contribution in [2.75, 3.05) is 27.4 Å². The molecule has 0 saturated heterocycles. The SMILES string of the molecule is CCCOc1ccccc1/C=C(\C#N)C(=O)NCCc1ccc(OC)c(OC)c1. The van der Waals surface area contributed by atoms with E-state index in [1.807, 2.05) is 55.5 Å². The predicted octanol–water partition coefficient (Wildman–Crippen LogP) is 3.76. The van der Waals surface area contributed by atoms with Crippen molar-refractivity contribution in [1.29, 1.82) is 5.26 Å². The lowest BCUT2D eigenvalue weighted by Crippen LogP contribution is -2.26. The Kier molecular flexibility index (Phi) is 8.58. The van der Waals surface area contributed by atoms with Crippen molar-refractivity contribution in [3.8, 4) is 23.3 Å². The molecule has 6 heteroatoms. The molecule has 1 N–H and O–H groups in total. The van der Waals surface area contributed by atoms with Crippen LogP contribution in [0.4, 0.5) is 0 Å². The molecule has 0 unspecified atom stereocenters. The van der Waals surface area contributed by atoms with Crippen LogP contribution in [-0.4, -0.2) is 33.3 Å². The number of methoxy groups -OCH3 is 2. The molecule has 1 amide bonds. The number of carbonyl (C=O) groups is 1. The maximum atomic E-state index is 12.4. The van der Waals surface area contributed by atoms with E-state index in [2.05, 4.69) is 5.32 Å². The minimum atomic E-state index is -0.418. The third-order valence-corrected chi connectivity index (χ3v) is 4.19. The second-order valence-corrected chi connectivity index (χ2v) is 6.25. The molecule has 0 saturated carbocycles. The van der Waals surface area contributed by atoms with Gasteiger partial charge in [0.2, 0.25) is 0 Å². The van der Waals surface area contributed by atoms with Gasteiger partial charge in [-0.15, -0.1) is 0 Å². The van der Waals surface area contributed by atoms with Crippen LogP contribution in [-0.2, 0) is 11.2 Å². The average molecular weight is 394 g/mol. The molecular formula is C23H26N2O4. The molecule has 2 aromatic carbocycles. The number of hydrogen-bond acceptors (Lipinski definition) is 5. The molecule has 2 aromatic rings. The number of nitrogens with one attached hydrogen (secondary N) is 1. The van der Waals surface area contributed by atoms with Crippen LogP contribution >= 0.6 is 0 Å². The number of para-hydroxylation sites is 1. The Morgan fingerprint density at radius 1 is 1.10 bits per heavy atom. The molecule has 0 radical (unpaired) electrons. The minimum Gasteiger partial charge on any atom is -0.493 e. The molecule has 0 atom stereocenters. The summed E-state index contributed by atoms with van der Waals surface area (Å²) >= 11 is 0. The molecule has 0 aliphatic rings. The molecule has 152 valence electrons. The van der Waals surface area contributed by atoms with E-state index in [1.54, 1.807) is 20.3 Å². The van der Waals surface area contributed by atoms with E-state index in [-0.39, 0.29) is 5.57 Å². The summed E-state index contributed by atoms with van der Waals surface area (Å²) in [4.78, 5) is 12.4. The number of ether oxygens (including phenoxy) is 3. The van der Waals surface area contributed by atoms with Crippen LogP contribution < -0.4 is 19.5 Å². The quantitative estimate of drug-likeness (QED) is 0.490. The zero-order valence-corrected chi connectivity index (χ0v) is 17.0. The number of benzene rings is 2. The van der Waals surface area contributed by atoms with Crippen LogP contribution in [0.5, 0.6) is 17.2 Å². The van der Waals surface area contributed by atoms with Gasteiger partial charge >= 0.3 is 0 Å². The Morgan fingerprint density at radius 2 is 1.86 bits per heavy atom. The van der Waals surface area contributed by atoms with Gasteiger partial charge in [-0.25, -0.2) is 0 Å². The lowest BCUT2D eigenvalue weighted by molar-refractivity contribution is -0.117. The molecule has 0 aliphatic carbocycles. The van der Waals surface area contributed by atoms with Gasteiger partial charge in [-0.1, -0.05) is 31.2 Å². The summed E-state index contributed by atoms with van der Waals surface area (Å²) in [5.41, 5.74) is 1.72. The second kappa shape index (κ2) is 11.4. The highest BCUT2D eigenvalue weighted by Gasteiger charge is 2.11. The molecule has 0 aromatic heterocycles. The van der Waals surface area contributed by atoms with Crippen molar-refractivity contribution in [2.45, 2.75) is 19.8 Å². The second-order valence-electron chi connectivity index (χ2n) is 6.25. The zero-order chi connectivity index (χ0) is 21.1. The Bertz CT molecular complexity index is 900. The van der Waals surface area contributed by atoms with Crippen LogP contribution in [0.15, 0.2) is 48.0 Å². The predicted molar refractivity (Wildman–Crippen MR) is 112 cm³/mol. The third kappa shape index (κ3) is 6.28. The number of rotatable bonds is 10. The number of nitrogens with zero attached hydrogens (tertiary/aromatic N) is 1. The van der Waals surface area contributed by atoms with Gasteiger partial charge in [-0.3, -0.25) is 4.79 Å². The van der Waals surface area contributed by atoms with Crippen LogP contribution in [0.1, 0.15) is 24.5 Å². The van der Waals surface area contributed by atoms with Crippen molar-refractivity contribution < 1.29 is 19.0 Å². The topological polar surface area (TPSA) is 80.6 Å². The van der Waals surface area contributed by atoms with Crippen molar-refractivity contribution in [1.82, 2.24) is 5.32 Å². The first kappa shape index (κ1) is 21.8. The molecule has 6 nitrogen and oxygen atoms in total. The van der Waals surface area contributed by atoms with Crippen LogP contribution in [0.25, 0.3) is 6.08 Å². The Balaban J connectivity index is 2.02. The van der Waals surface area contributed by atoms with Gasteiger partial charge in [0.15, 0.2) is 11.5 Å². The van der Waals surface area contributed by atoms with Crippen LogP contribution in [0, 0.1) is 11.3 Å². The van der Waals surface area contributed by atoms with Crippen LogP contribution in [0.3, 0.4) is 0 Å². The smallest absolute Gasteiger partial charge is 0.261 e. The molecule has 0 fully saturated rings. The van der Waals surface area contributed by atoms with E-state index in [9.17, 15) is 10.1 Å². The molecule has 0 heterocycles. The number of amides is 1. The van der Waals surface area contributed by atoms with E-state index in [4.69, 9.17) is 14.2 Å². The van der Waals surface area contributed by atoms with E-state index in [0.29, 0.717) is 42.4 Å². The maximum Gasteiger partial charge on any atom is 0.261 e. The van der Waals surface area contributed by atoms with Gasteiger partial charge in [0.25, 0.3) is 5.91 Å². The highest BCUT2D eigenvalue weighted by molar-refractivity contribution is 6.01. The van der Waals surface area contributed by atoms with Crippen LogP contribution in [0.2, 0.25) is 0 Å². The van der Waals surface area contributed by atoms with E-state index < -0.39 is 5.91 Å². The van der Waals surface area contributed by atoms with Crippen molar-refractivity contribution in [3.05, 3.63) is 59.2 Å². The van der Waals surface area contributed by atoms with E-state index in [0.717, 1.165) is 12.0 Å². The summed E-state index contributed by atoms with van der Waals surface area (Å²) in [6.45, 7) is 2.98. The first-order valence-electron chi connectivity index (χ1n) is 9.45. The largest absolute Gasteiger partial charge is 0.493 e. The number of nitriles is 1. The fourth-order valence-corrected chi connectivity index (χ4v) is 2.70. The van der Waals surface area contributed by atoms with Crippen molar-refractivity contribution in [2.24, 2.45) is 0 Å². The monoisotopic (exact) mass is 394 g/mol. The zero-order valence-electron chi connectivity index (χ0n) is 17.0. The summed E-state index contributed by atoms with van der Waals surface area (Å²) in [7, 11) is 3.16. The molecule has 0 spiro atoms. The Morgan fingerprint density at radius 3 is 2.55 bits per heavy atom. The maximum absolute atomic E-state index is 12.4. The van der Waals surface area contributed by atoms with Crippen molar-refractivity contribution in [3.63, 3.8) is 0 Å². The first-order chi connectivity index (χ1) is 14.1. The summed E-state index contributed by atoms with van der Waals surface area (Å²) in [6, 6.07) is 14.9. The van der Waals surface area contributed by atoms with Gasteiger partial charge in [-0.05, 0) is 42.7 Å². The fourth-order valence-electron chi connectivity index (χ4n) is 2.70. The lowest BCUT2D eigenvalue weighted by atomic mass is 10.1. The summed E-state index contributed by atoms with van der Waals surface area (Å²) in [5.74, 6) is 1.52. The average Bonchev–Trinajstić information content (AvgIpc) is 2.76. The van der Waals surface area contributed by atoms with Crippen molar-refractivity contribution >= 4 is 12.0 Å². The molecule has 0 aliphatic heterocycles. The highest BCUT2D eigenvalue weighted by Crippen LogP contribution is 2.27. The van der Waals surface area contributed by atoms with E-state index >= 15 is 0 Å². The van der Waals surface area contributed by atoms with Gasteiger partial charge in [0, 0.05) is 12.1 Å². The highest BCUT2D eigenvalue weighted by atomic mass is 16.5. The molecule has 2 rings (SSSR count). The van der Waals surface area contributed by atoms with Gasteiger partial charge in [0.1, 0.15) is 17.4 Å². The minimum absolute atomic E-state index is 0.0323. The normalized spacial score (nSPS) is 10.8. The van der Waals surface area contributed by atoms with E-state index in [1.165, 1.54) is 0 Å². The Labute approximate surface area is 171 Å². The molecule has 29 heavy (non-hydrogen) atoms. The summed E-state index contributed by atoms with van der Waals surface area (Å²) < 4.78 is 16.2. The Hall–Kier alpha value is -3.46. The number of hydrogen-bond donors (Lipinski definition) is 1. The summed E-state index contributed by atoms with van der Waals surface area (Å²) in [5, 5.41) is 12.2. The standard InChI is InChI=1S/C23H26N2O4/c1-4-13-29-20-8-6-5-7-18(20)15-19(16-24)23(26)25-12-11-17-9-10-21(27-2)22(14-17)28-3/h5-10,14-15H,4,11-13H2,1-3H3,(H,25,26)/b19-15+. The third-order valence-electron chi connectivity index (χ3n) is 4.19. The number of carbonyl (C=O) groups excluding carboxylic acids is 1. The van der Waals surface area contributed by atoms with Gasteiger partial charge in [0.05, 0.1) is 20.8 Å².